The van der Waals surface area contributed by atoms with Gasteiger partial charge in [0, 0.05) is 12.6 Å². The van der Waals surface area contributed by atoms with Crippen LogP contribution in [0, 0.1) is 0 Å². The Labute approximate surface area is 113 Å². The number of rotatable bonds is 3. The largest absolute Gasteiger partial charge is 0.508 e. The lowest BCUT2D eigenvalue weighted by atomic mass is 10.2. The highest BCUT2D eigenvalue weighted by Crippen LogP contribution is 2.16. The summed E-state index contributed by atoms with van der Waals surface area (Å²) in [6.45, 7) is 0.579. The van der Waals surface area contributed by atoms with Crippen LogP contribution in [0.3, 0.4) is 0 Å². The van der Waals surface area contributed by atoms with E-state index in [2.05, 4.69) is 20.4 Å². The summed E-state index contributed by atoms with van der Waals surface area (Å²) in [4.78, 5) is 8.03. The molecule has 0 atom stereocenters. The molecular formula is C12H10ClN5O. The highest BCUT2D eigenvalue weighted by Gasteiger charge is 2.06. The molecule has 0 aliphatic rings. The minimum Gasteiger partial charge on any atom is -0.508 e. The summed E-state index contributed by atoms with van der Waals surface area (Å²) in [5, 5.41) is 16.9. The van der Waals surface area contributed by atoms with Gasteiger partial charge >= 0.3 is 0 Å². The van der Waals surface area contributed by atoms with E-state index in [9.17, 15) is 5.11 Å². The molecule has 2 aromatic heterocycles. The van der Waals surface area contributed by atoms with Crippen LogP contribution >= 0.6 is 11.6 Å². The molecule has 0 aliphatic carbocycles. The van der Waals surface area contributed by atoms with Crippen LogP contribution in [0.5, 0.6) is 5.75 Å². The molecule has 0 aliphatic heterocycles. The number of hydrogen-bond donors (Lipinski definition) is 2. The molecule has 7 heteroatoms. The van der Waals surface area contributed by atoms with E-state index in [-0.39, 0.29) is 5.75 Å². The summed E-state index contributed by atoms with van der Waals surface area (Å²) in [5.41, 5.74) is 1.03. The molecule has 0 unspecified atom stereocenters. The van der Waals surface area contributed by atoms with Crippen LogP contribution in [0.4, 0.5) is 5.82 Å². The number of anilines is 1. The van der Waals surface area contributed by atoms with Crippen molar-refractivity contribution in [3.8, 4) is 5.75 Å². The van der Waals surface area contributed by atoms with Crippen molar-refractivity contribution in [2.45, 2.75) is 6.54 Å². The SMILES string of the molecule is Oc1ccc(CNc2cc(Cl)nc3ncnn23)cc1. The van der Waals surface area contributed by atoms with Crippen molar-refractivity contribution < 1.29 is 5.11 Å². The van der Waals surface area contributed by atoms with Gasteiger partial charge in [-0.05, 0) is 17.7 Å². The van der Waals surface area contributed by atoms with Gasteiger partial charge in [-0.1, -0.05) is 23.7 Å². The van der Waals surface area contributed by atoms with E-state index >= 15 is 0 Å². The van der Waals surface area contributed by atoms with Gasteiger partial charge in [0.2, 0.25) is 0 Å². The van der Waals surface area contributed by atoms with Gasteiger partial charge in [0.15, 0.2) is 0 Å². The standard InChI is InChI=1S/C12H10ClN5O/c13-10-5-11(18-12(17-10)15-7-16-18)14-6-8-1-3-9(19)4-2-8/h1-5,7,14,19H,6H2. The number of halogens is 1. The van der Waals surface area contributed by atoms with Crippen LogP contribution in [0.15, 0.2) is 36.7 Å². The van der Waals surface area contributed by atoms with Crippen molar-refractivity contribution in [1.82, 2.24) is 19.6 Å². The molecule has 96 valence electrons. The molecular weight excluding hydrogens is 266 g/mol. The number of nitrogens with zero attached hydrogens (tertiary/aromatic N) is 4. The molecule has 6 nitrogen and oxygen atoms in total. The second kappa shape index (κ2) is 4.74. The molecule has 1 aromatic carbocycles. The van der Waals surface area contributed by atoms with E-state index in [0.717, 1.165) is 5.56 Å². The third-order valence-corrected chi connectivity index (χ3v) is 2.82. The van der Waals surface area contributed by atoms with Gasteiger partial charge in [-0.25, -0.2) is 0 Å². The van der Waals surface area contributed by atoms with Crippen molar-refractivity contribution >= 4 is 23.2 Å². The molecule has 19 heavy (non-hydrogen) atoms. The summed E-state index contributed by atoms with van der Waals surface area (Å²) in [7, 11) is 0. The molecule has 2 N–H and O–H groups in total. The van der Waals surface area contributed by atoms with Gasteiger partial charge in [0.05, 0.1) is 0 Å². The first-order chi connectivity index (χ1) is 9.22. The highest BCUT2D eigenvalue weighted by molar-refractivity contribution is 6.29. The first kappa shape index (κ1) is 11.7. The van der Waals surface area contributed by atoms with Crippen LogP contribution in [0.25, 0.3) is 5.78 Å². The fraction of sp³-hybridized carbons (Fsp3) is 0.0833. The number of hydrogen-bond acceptors (Lipinski definition) is 5. The fourth-order valence-electron chi connectivity index (χ4n) is 1.72. The molecule has 0 amide bonds. The maximum atomic E-state index is 9.22. The molecule has 0 bridgehead atoms. The first-order valence-corrected chi connectivity index (χ1v) is 5.98. The Hall–Kier alpha value is -2.34. The second-order valence-electron chi connectivity index (χ2n) is 3.96. The molecule has 2 heterocycles. The molecule has 3 rings (SSSR count). The Kier molecular flexibility index (Phi) is 2.92. The van der Waals surface area contributed by atoms with E-state index < -0.39 is 0 Å². The predicted molar refractivity (Wildman–Crippen MR) is 71.2 cm³/mol. The van der Waals surface area contributed by atoms with E-state index in [1.54, 1.807) is 22.7 Å². The van der Waals surface area contributed by atoms with Crippen LogP contribution in [-0.4, -0.2) is 24.7 Å². The van der Waals surface area contributed by atoms with Crippen LogP contribution in [-0.2, 0) is 6.54 Å². The van der Waals surface area contributed by atoms with Crippen molar-refractivity contribution in [1.29, 1.82) is 0 Å². The molecule has 0 radical (unpaired) electrons. The quantitative estimate of drug-likeness (QED) is 0.716. The molecule has 3 aromatic rings. The fourth-order valence-corrected chi connectivity index (χ4v) is 1.89. The molecule has 0 saturated heterocycles. The minimum absolute atomic E-state index is 0.245. The normalized spacial score (nSPS) is 10.8. The molecule has 0 spiro atoms. The van der Waals surface area contributed by atoms with Crippen LogP contribution in [0.2, 0.25) is 5.15 Å². The summed E-state index contributed by atoms with van der Waals surface area (Å²) in [6.07, 6.45) is 1.42. The zero-order chi connectivity index (χ0) is 13.2. The van der Waals surface area contributed by atoms with Gasteiger partial charge in [-0.15, -0.1) is 0 Å². The summed E-state index contributed by atoms with van der Waals surface area (Å²) in [5.74, 6) is 1.40. The Morgan fingerprint density at radius 1 is 1.26 bits per heavy atom. The van der Waals surface area contributed by atoms with E-state index in [1.807, 2.05) is 12.1 Å². The maximum Gasteiger partial charge on any atom is 0.255 e. The number of benzene rings is 1. The number of aromatic hydroxyl groups is 1. The Balaban J connectivity index is 1.85. The average Bonchev–Trinajstić information content (AvgIpc) is 2.85. The van der Waals surface area contributed by atoms with Gasteiger partial charge in [0.25, 0.3) is 5.78 Å². The van der Waals surface area contributed by atoms with Gasteiger partial charge in [-0.2, -0.15) is 19.6 Å². The number of nitrogens with one attached hydrogen (secondary N) is 1. The monoisotopic (exact) mass is 275 g/mol. The lowest BCUT2D eigenvalue weighted by molar-refractivity contribution is 0.475. The van der Waals surface area contributed by atoms with Crippen molar-refractivity contribution in [2.75, 3.05) is 5.32 Å². The Morgan fingerprint density at radius 2 is 2.05 bits per heavy atom. The van der Waals surface area contributed by atoms with Gasteiger partial charge in [0.1, 0.15) is 23.0 Å². The lowest BCUT2D eigenvalue weighted by Crippen LogP contribution is -2.06. The Morgan fingerprint density at radius 3 is 2.84 bits per heavy atom. The lowest BCUT2D eigenvalue weighted by Gasteiger charge is -2.08. The zero-order valence-corrected chi connectivity index (χ0v) is 10.5. The van der Waals surface area contributed by atoms with Crippen molar-refractivity contribution in [2.24, 2.45) is 0 Å². The number of phenols is 1. The molecule has 0 saturated carbocycles. The van der Waals surface area contributed by atoms with Crippen molar-refractivity contribution in [3.05, 3.63) is 47.4 Å². The molecule has 0 fully saturated rings. The highest BCUT2D eigenvalue weighted by atomic mass is 35.5. The van der Waals surface area contributed by atoms with Gasteiger partial charge in [-0.3, -0.25) is 0 Å². The topological polar surface area (TPSA) is 75.3 Å². The smallest absolute Gasteiger partial charge is 0.255 e. The second-order valence-corrected chi connectivity index (χ2v) is 4.34. The van der Waals surface area contributed by atoms with Gasteiger partial charge < -0.3 is 10.4 Å². The minimum atomic E-state index is 0.245. The summed E-state index contributed by atoms with van der Waals surface area (Å²) >= 11 is 5.92. The summed E-state index contributed by atoms with van der Waals surface area (Å²) < 4.78 is 1.58. The van der Waals surface area contributed by atoms with E-state index in [4.69, 9.17) is 11.6 Å². The third kappa shape index (κ3) is 2.43. The zero-order valence-electron chi connectivity index (χ0n) is 9.79. The number of aromatic nitrogens is 4. The number of fused-ring (bicyclic) bond motifs is 1. The summed E-state index contributed by atoms with van der Waals surface area (Å²) in [6, 6.07) is 8.64. The first-order valence-electron chi connectivity index (χ1n) is 5.60. The van der Waals surface area contributed by atoms with E-state index in [0.29, 0.717) is 23.3 Å². The average molecular weight is 276 g/mol. The Bertz CT molecular complexity index is 710. The van der Waals surface area contributed by atoms with Crippen LogP contribution in [0.1, 0.15) is 5.56 Å². The number of phenolic OH excluding ortho intramolecular Hbond substituents is 1. The predicted octanol–water partition coefficient (Wildman–Crippen LogP) is 2.10. The maximum absolute atomic E-state index is 9.22. The van der Waals surface area contributed by atoms with E-state index in [1.165, 1.54) is 6.33 Å². The third-order valence-electron chi connectivity index (χ3n) is 2.63. The van der Waals surface area contributed by atoms with Crippen LogP contribution < -0.4 is 5.32 Å². The van der Waals surface area contributed by atoms with Crippen molar-refractivity contribution in [3.63, 3.8) is 0 Å².